The first-order chi connectivity index (χ1) is 8.58. The molecule has 0 aromatic rings. The van der Waals surface area contributed by atoms with E-state index in [1.165, 1.54) is 18.9 Å². The van der Waals surface area contributed by atoms with Crippen LogP contribution in [0.5, 0.6) is 0 Å². The van der Waals surface area contributed by atoms with E-state index in [0.717, 1.165) is 0 Å². The normalized spacial score (nSPS) is 17.1. The summed E-state index contributed by atoms with van der Waals surface area (Å²) >= 11 is 1.27. The molecule has 0 radical (unpaired) electrons. The molecule has 0 saturated heterocycles. The van der Waals surface area contributed by atoms with E-state index >= 15 is 0 Å². The van der Waals surface area contributed by atoms with Crippen LogP contribution in [0.2, 0.25) is 0 Å². The number of rotatable bonds is 2. The topological polar surface area (TPSA) is 98.3 Å². The lowest BCUT2D eigenvalue weighted by molar-refractivity contribution is -0.135. The largest absolute Gasteiger partial charge is 0.465 e. The number of esters is 1. The van der Waals surface area contributed by atoms with E-state index in [0.29, 0.717) is 10.9 Å². The van der Waals surface area contributed by atoms with E-state index in [-0.39, 0.29) is 16.8 Å². The van der Waals surface area contributed by atoms with Gasteiger partial charge in [-0.25, -0.2) is 9.79 Å². The average molecular weight is 262 g/mol. The van der Waals surface area contributed by atoms with Crippen molar-refractivity contribution >= 4 is 23.6 Å². The summed E-state index contributed by atoms with van der Waals surface area (Å²) < 4.78 is 4.52. The smallest absolute Gasteiger partial charge is 0.350 e. The molecule has 0 aliphatic carbocycles. The first-order valence-corrected chi connectivity index (χ1v) is 6.05. The zero-order valence-electron chi connectivity index (χ0n) is 10.1. The fraction of sp³-hybridized carbons (Fsp3) is 0.273. The summed E-state index contributed by atoms with van der Waals surface area (Å²) in [6.45, 7) is 1.68. The first-order valence-electron chi connectivity index (χ1n) is 4.82. The number of carbonyl (C=O) groups excluding carboxylic acids is 1. The summed E-state index contributed by atoms with van der Waals surface area (Å²) in [5.74, 6) is -0.284. The number of aliphatic imine (C=N–C) groups is 1. The molecule has 1 heterocycles. The number of carbonyl (C=O) groups is 1. The molecule has 0 fully saturated rings. The third-order valence-electron chi connectivity index (χ3n) is 2.10. The van der Waals surface area contributed by atoms with Gasteiger partial charge in [0.05, 0.1) is 12.8 Å². The Hall–Kier alpha value is -2.25. The van der Waals surface area contributed by atoms with Gasteiger partial charge in [-0.1, -0.05) is 0 Å². The van der Waals surface area contributed by atoms with Crippen LogP contribution in [-0.4, -0.2) is 25.2 Å². The lowest BCUT2D eigenvalue weighted by Crippen LogP contribution is -2.28. The average Bonchev–Trinajstić information content (AvgIpc) is 2.38. The Morgan fingerprint density at radius 1 is 1.50 bits per heavy atom. The van der Waals surface area contributed by atoms with Crippen LogP contribution in [-0.2, 0) is 9.53 Å². The highest BCUT2D eigenvalue weighted by molar-refractivity contribution is 8.02. The van der Waals surface area contributed by atoms with Crippen LogP contribution in [0.4, 0.5) is 0 Å². The minimum atomic E-state index is -0.789. The predicted molar refractivity (Wildman–Crippen MR) is 67.1 cm³/mol. The van der Waals surface area contributed by atoms with Crippen molar-refractivity contribution in [3.8, 4) is 12.1 Å². The molecule has 1 aliphatic heterocycles. The maximum atomic E-state index is 11.5. The molecule has 7 heteroatoms. The Morgan fingerprint density at radius 3 is 2.61 bits per heavy atom. The summed E-state index contributed by atoms with van der Waals surface area (Å²) in [6.07, 6.45) is 1.76. The van der Waals surface area contributed by atoms with E-state index in [1.807, 2.05) is 6.07 Å². The number of nitriles is 2. The van der Waals surface area contributed by atoms with Gasteiger partial charge in [-0.2, -0.15) is 10.5 Å². The van der Waals surface area contributed by atoms with Crippen LogP contribution in [0, 0.1) is 22.7 Å². The molecule has 0 aromatic carbocycles. The van der Waals surface area contributed by atoms with E-state index in [2.05, 4.69) is 15.0 Å². The molecule has 92 valence electrons. The minimum absolute atomic E-state index is 0.142. The van der Waals surface area contributed by atoms with Crippen LogP contribution in [0.15, 0.2) is 26.9 Å². The first kappa shape index (κ1) is 13.8. The van der Waals surface area contributed by atoms with Crippen LogP contribution in [0.1, 0.15) is 6.92 Å². The van der Waals surface area contributed by atoms with Gasteiger partial charge in [0.25, 0.3) is 0 Å². The van der Waals surface area contributed by atoms with Gasteiger partial charge in [0, 0.05) is 0 Å². The number of nitrogens with zero attached hydrogens (tertiary/aromatic N) is 3. The van der Waals surface area contributed by atoms with Gasteiger partial charge in [0.2, 0.25) is 0 Å². The zero-order valence-corrected chi connectivity index (χ0v) is 10.9. The molecule has 0 unspecified atom stereocenters. The van der Waals surface area contributed by atoms with Gasteiger partial charge < -0.3 is 10.1 Å². The molecule has 6 nitrogen and oxygen atoms in total. The fourth-order valence-corrected chi connectivity index (χ4v) is 1.91. The Bertz CT molecular complexity index is 561. The third-order valence-corrected chi connectivity index (χ3v) is 2.78. The summed E-state index contributed by atoms with van der Waals surface area (Å²) in [7, 11) is 1.18. The lowest BCUT2D eigenvalue weighted by Gasteiger charge is -2.17. The maximum Gasteiger partial charge on any atom is 0.350 e. The second-order valence-corrected chi connectivity index (χ2v) is 3.97. The number of amidine groups is 1. The van der Waals surface area contributed by atoms with Gasteiger partial charge in [-0.3, -0.25) is 0 Å². The maximum absolute atomic E-state index is 11.5. The lowest BCUT2D eigenvalue weighted by atomic mass is 10.1. The van der Waals surface area contributed by atoms with Crippen molar-refractivity contribution in [2.75, 3.05) is 13.4 Å². The highest BCUT2D eigenvalue weighted by Crippen LogP contribution is 2.27. The Kier molecular flexibility index (Phi) is 4.52. The van der Waals surface area contributed by atoms with Crippen LogP contribution in [0.25, 0.3) is 0 Å². The van der Waals surface area contributed by atoms with Crippen molar-refractivity contribution in [2.45, 2.75) is 6.92 Å². The van der Waals surface area contributed by atoms with Gasteiger partial charge in [0.15, 0.2) is 5.57 Å². The van der Waals surface area contributed by atoms with Crippen LogP contribution < -0.4 is 5.32 Å². The van der Waals surface area contributed by atoms with Crippen molar-refractivity contribution in [3.63, 3.8) is 0 Å². The van der Waals surface area contributed by atoms with E-state index in [1.54, 1.807) is 19.2 Å². The van der Waals surface area contributed by atoms with Gasteiger partial charge in [-0.05, 0) is 13.2 Å². The SMILES string of the molecule is COC(=O)/C(C#N)=C1\NC(C)=NC(SC)=C1C#N. The van der Waals surface area contributed by atoms with Crippen molar-refractivity contribution in [2.24, 2.45) is 4.99 Å². The Balaban J connectivity index is 3.51. The highest BCUT2D eigenvalue weighted by Gasteiger charge is 2.25. The molecule has 0 atom stereocenters. The summed E-state index contributed by atoms with van der Waals surface area (Å²) in [4.78, 5) is 15.6. The number of thioether (sulfide) groups is 1. The van der Waals surface area contributed by atoms with Gasteiger partial charge in [-0.15, -0.1) is 11.8 Å². The van der Waals surface area contributed by atoms with Gasteiger partial charge in [0.1, 0.15) is 28.6 Å². The van der Waals surface area contributed by atoms with E-state index < -0.39 is 5.97 Å². The number of nitrogens with one attached hydrogen (secondary N) is 1. The molecule has 1 aliphatic rings. The quantitative estimate of drug-likeness (QED) is 0.454. The highest BCUT2D eigenvalue weighted by atomic mass is 32.2. The number of allylic oxidation sites excluding steroid dienone is 1. The third kappa shape index (κ3) is 2.53. The molecular formula is C11H10N4O2S. The van der Waals surface area contributed by atoms with Crippen LogP contribution in [0.3, 0.4) is 0 Å². The molecule has 0 aromatic heterocycles. The zero-order chi connectivity index (χ0) is 13.7. The van der Waals surface area contributed by atoms with Crippen molar-refractivity contribution < 1.29 is 9.53 Å². The van der Waals surface area contributed by atoms with Crippen molar-refractivity contribution in [1.29, 1.82) is 10.5 Å². The minimum Gasteiger partial charge on any atom is -0.465 e. The number of methoxy groups -OCH3 is 1. The molecule has 0 amide bonds. The second-order valence-electron chi connectivity index (χ2n) is 3.17. The number of hydrogen-bond acceptors (Lipinski definition) is 7. The van der Waals surface area contributed by atoms with Crippen molar-refractivity contribution in [3.05, 3.63) is 21.9 Å². The molecule has 0 spiro atoms. The molecule has 1 rings (SSSR count). The van der Waals surface area contributed by atoms with Crippen LogP contribution >= 0.6 is 11.8 Å². The molecule has 0 bridgehead atoms. The Labute approximate surface area is 109 Å². The number of hydrogen-bond donors (Lipinski definition) is 1. The second kappa shape index (κ2) is 5.89. The van der Waals surface area contributed by atoms with E-state index in [4.69, 9.17) is 10.5 Å². The standard InChI is InChI=1S/C11H10N4O2S/c1-6-14-9(8(5-13)11(16)17-2)7(4-12)10(15-6)18-3/h1-3H3,(H,14,15)/b9-8-. The predicted octanol–water partition coefficient (Wildman–Crippen LogP) is 1.06. The number of ether oxygens (including phenoxy) is 1. The monoisotopic (exact) mass is 262 g/mol. The van der Waals surface area contributed by atoms with Crippen molar-refractivity contribution in [1.82, 2.24) is 5.32 Å². The fourth-order valence-electron chi connectivity index (χ4n) is 1.33. The molecule has 1 N–H and O–H groups in total. The Morgan fingerprint density at radius 2 is 2.17 bits per heavy atom. The summed E-state index contributed by atoms with van der Waals surface area (Å²) in [5, 5.41) is 21.4. The summed E-state index contributed by atoms with van der Waals surface area (Å²) in [6, 6.07) is 3.69. The molecular weight excluding hydrogens is 252 g/mol. The summed E-state index contributed by atoms with van der Waals surface area (Å²) in [5.41, 5.74) is 0.0635. The molecule has 0 saturated carbocycles. The van der Waals surface area contributed by atoms with Gasteiger partial charge >= 0.3 is 5.97 Å². The van der Waals surface area contributed by atoms with E-state index in [9.17, 15) is 4.79 Å². The molecule has 18 heavy (non-hydrogen) atoms.